The first-order chi connectivity index (χ1) is 20.0. The highest BCUT2D eigenvalue weighted by Crippen LogP contribution is 2.45. The van der Waals surface area contributed by atoms with Gasteiger partial charge in [-0.2, -0.15) is 0 Å². The van der Waals surface area contributed by atoms with Crippen molar-refractivity contribution in [2.45, 2.75) is 80.9 Å². The number of aryl methyl sites for hydroxylation is 2. The normalized spacial score (nSPS) is 13.7. The monoisotopic (exact) mass is 583 g/mol. The Balaban J connectivity index is 1.85. The maximum absolute atomic E-state index is 2.69. The number of rotatable bonds is 3. The highest BCUT2D eigenvalue weighted by molar-refractivity contribution is 6.91. The minimum atomic E-state index is -1.67. The average molecular weight is 584 g/mol. The summed E-state index contributed by atoms with van der Waals surface area (Å²) < 4.78 is 5.09. The summed E-state index contributed by atoms with van der Waals surface area (Å²) in [5.41, 5.74) is 10.2. The summed E-state index contributed by atoms with van der Waals surface area (Å²) >= 11 is 0. The molecular formula is C40H47N2Si+. The van der Waals surface area contributed by atoms with Crippen LogP contribution in [0.1, 0.15) is 58.2 Å². The van der Waals surface area contributed by atoms with E-state index in [0.717, 1.165) is 12.8 Å². The third-order valence-electron chi connectivity index (χ3n) is 9.46. The molecule has 3 heterocycles. The van der Waals surface area contributed by atoms with Crippen molar-refractivity contribution in [3.05, 3.63) is 77.5 Å². The Morgan fingerprint density at radius 3 is 2.09 bits per heavy atom. The van der Waals surface area contributed by atoms with Gasteiger partial charge >= 0.3 is 0 Å². The standard InChI is InChI=1S/C40H47N2Si/c1-24-29-20-25(22-39(2,3)4)16-17-27(29)30(23-40(5,6)7)36-33(24)37-34-26(18-19-41(37)8)21-32(43(9,10)11)35-28-14-12-13-15-31(28)42(36)38(34)35/h12-21H,22-23H2,1-11H3/q+1. The van der Waals surface area contributed by atoms with Crippen LogP contribution in [0.4, 0.5) is 0 Å². The number of aromatic nitrogens is 2. The summed E-state index contributed by atoms with van der Waals surface area (Å²) in [6, 6.07) is 21.4. The van der Waals surface area contributed by atoms with Crippen molar-refractivity contribution in [2.24, 2.45) is 17.9 Å². The molecule has 3 heteroatoms. The fourth-order valence-corrected chi connectivity index (χ4v) is 9.45. The van der Waals surface area contributed by atoms with Crippen LogP contribution in [0, 0.1) is 17.8 Å². The maximum Gasteiger partial charge on any atom is 0.224 e. The Kier molecular flexibility index (Phi) is 5.96. The molecule has 0 atom stereocenters. The fraction of sp³-hybridized carbons (Fsp3) is 0.375. The highest BCUT2D eigenvalue weighted by Gasteiger charge is 2.32. The Morgan fingerprint density at radius 2 is 1.42 bits per heavy atom. The van der Waals surface area contributed by atoms with Gasteiger partial charge in [-0.1, -0.05) is 104 Å². The van der Waals surface area contributed by atoms with Crippen molar-refractivity contribution < 1.29 is 4.57 Å². The molecule has 0 saturated carbocycles. The molecule has 7 rings (SSSR count). The van der Waals surface area contributed by atoms with Gasteiger partial charge in [0.05, 0.1) is 35.4 Å². The number of fused-ring (bicyclic) bond motifs is 7. The first-order valence-electron chi connectivity index (χ1n) is 16.0. The molecule has 43 heavy (non-hydrogen) atoms. The molecule has 0 radical (unpaired) electrons. The summed E-state index contributed by atoms with van der Waals surface area (Å²) in [7, 11) is 0.578. The zero-order chi connectivity index (χ0) is 30.8. The number of hydrogen-bond donors (Lipinski definition) is 0. The Morgan fingerprint density at radius 1 is 0.721 bits per heavy atom. The molecule has 0 bridgehead atoms. The number of hydrogen-bond acceptors (Lipinski definition) is 0. The number of benzene rings is 4. The highest BCUT2D eigenvalue weighted by atomic mass is 28.3. The molecule has 0 aliphatic rings. The van der Waals surface area contributed by atoms with E-state index in [2.05, 4.69) is 145 Å². The van der Waals surface area contributed by atoms with Crippen molar-refractivity contribution in [2.75, 3.05) is 0 Å². The van der Waals surface area contributed by atoms with Crippen molar-refractivity contribution in [3.8, 4) is 0 Å². The topological polar surface area (TPSA) is 8.29 Å². The Bertz CT molecular complexity index is 2240. The SMILES string of the molecule is Cc1c2cc(CC(C)(C)C)ccc2c(CC(C)(C)C)c2c1c1c3c(cc[n+]1C)cc([Si](C)(C)C)c1c4ccccc4n2c13. The molecule has 0 unspecified atom stereocenters. The lowest BCUT2D eigenvalue weighted by molar-refractivity contribution is -0.643. The zero-order valence-corrected chi connectivity index (χ0v) is 29.1. The third kappa shape index (κ3) is 4.30. The van der Waals surface area contributed by atoms with Crippen LogP contribution in [0.5, 0.6) is 0 Å². The lowest BCUT2D eigenvalue weighted by Crippen LogP contribution is -2.38. The van der Waals surface area contributed by atoms with Gasteiger partial charge in [-0.05, 0) is 74.7 Å². The van der Waals surface area contributed by atoms with Gasteiger partial charge < -0.3 is 4.40 Å². The average Bonchev–Trinajstić information content (AvgIpc) is 3.24. The van der Waals surface area contributed by atoms with Crippen LogP contribution in [0.15, 0.2) is 60.8 Å². The van der Waals surface area contributed by atoms with Gasteiger partial charge in [0.25, 0.3) is 0 Å². The van der Waals surface area contributed by atoms with Gasteiger partial charge in [0.1, 0.15) is 7.05 Å². The largest absolute Gasteiger partial charge is 0.307 e. The maximum atomic E-state index is 2.69. The summed E-state index contributed by atoms with van der Waals surface area (Å²) in [6.07, 6.45) is 4.38. The number of para-hydroxylation sites is 1. The lowest BCUT2D eigenvalue weighted by Gasteiger charge is -2.25. The summed E-state index contributed by atoms with van der Waals surface area (Å²) in [4.78, 5) is 0. The van der Waals surface area contributed by atoms with Crippen LogP contribution < -0.4 is 9.75 Å². The van der Waals surface area contributed by atoms with E-state index in [9.17, 15) is 0 Å². The van der Waals surface area contributed by atoms with Crippen molar-refractivity contribution in [1.29, 1.82) is 0 Å². The first kappa shape index (κ1) is 28.3. The molecule has 2 nitrogen and oxygen atoms in total. The minimum absolute atomic E-state index is 0.136. The van der Waals surface area contributed by atoms with E-state index in [4.69, 9.17) is 0 Å². The molecule has 0 saturated heterocycles. The van der Waals surface area contributed by atoms with Crippen LogP contribution in [0.3, 0.4) is 0 Å². The van der Waals surface area contributed by atoms with Crippen LogP contribution in [0.2, 0.25) is 19.6 Å². The third-order valence-corrected chi connectivity index (χ3v) is 11.5. The molecule has 7 aromatic rings. The second-order valence-corrected chi connectivity index (χ2v) is 21.7. The van der Waals surface area contributed by atoms with Crippen molar-refractivity contribution >= 4 is 73.0 Å². The zero-order valence-electron chi connectivity index (χ0n) is 28.1. The van der Waals surface area contributed by atoms with Gasteiger partial charge in [0.15, 0.2) is 6.20 Å². The lowest BCUT2D eigenvalue weighted by atomic mass is 9.81. The van der Waals surface area contributed by atoms with E-state index in [1.54, 1.807) is 5.19 Å². The van der Waals surface area contributed by atoms with Gasteiger partial charge in [0, 0.05) is 16.8 Å². The number of pyridine rings is 2. The van der Waals surface area contributed by atoms with E-state index in [1.807, 2.05) is 0 Å². The van der Waals surface area contributed by atoms with Gasteiger partial charge in [-0.15, -0.1) is 0 Å². The molecule has 0 N–H and O–H groups in total. The van der Waals surface area contributed by atoms with Crippen molar-refractivity contribution in [1.82, 2.24) is 4.40 Å². The van der Waals surface area contributed by atoms with E-state index in [0.29, 0.717) is 0 Å². The molecule has 0 amide bonds. The van der Waals surface area contributed by atoms with Crippen LogP contribution in [0.25, 0.3) is 59.8 Å². The van der Waals surface area contributed by atoms with E-state index < -0.39 is 8.07 Å². The molecule has 4 aromatic carbocycles. The molecular weight excluding hydrogens is 537 g/mol. The molecule has 0 spiro atoms. The second kappa shape index (κ2) is 9.05. The second-order valence-electron chi connectivity index (χ2n) is 16.7. The van der Waals surface area contributed by atoms with Crippen molar-refractivity contribution in [3.63, 3.8) is 0 Å². The van der Waals surface area contributed by atoms with Crippen LogP contribution >= 0.6 is 0 Å². The summed E-state index contributed by atoms with van der Waals surface area (Å²) in [5, 5.41) is 11.4. The predicted octanol–water partition coefficient (Wildman–Crippen LogP) is 10.00. The fourth-order valence-electron chi connectivity index (χ4n) is 7.86. The molecule has 220 valence electrons. The van der Waals surface area contributed by atoms with Crippen LogP contribution in [-0.4, -0.2) is 12.5 Å². The Labute approximate surface area is 257 Å². The minimum Gasteiger partial charge on any atom is -0.307 e. The predicted molar refractivity (Wildman–Crippen MR) is 191 cm³/mol. The number of nitrogens with zero attached hydrogens (tertiary/aromatic N) is 2. The van der Waals surface area contributed by atoms with Gasteiger partial charge in [-0.3, -0.25) is 0 Å². The van der Waals surface area contributed by atoms with E-state index >= 15 is 0 Å². The van der Waals surface area contributed by atoms with E-state index in [1.165, 1.54) is 76.5 Å². The van der Waals surface area contributed by atoms with Gasteiger partial charge in [0.2, 0.25) is 5.52 Å². The molecule has 0 fully saturated rings. The summed E-state index contributed by atoms with van der Waals surface area (Å²) in [5.74, 6) is 0. The Hall–Kier alpha value is -3.43. The summed E-state index contributed by atoms with van der Waals surface area (Å²) in [6.45, 7) is 24.1. The first-order valence-corrected chi connectivity index (χ1v) is 19.5. The van der Waals surface area contributed by atoms with E-state index in [-0.39, 0.29) is 10.8 Å². The van der Waals surface area contributed by atoms with Crippen LogP contribution in [-0.2, 0) is 19.9 Å². The molecule has 3 aromatic heterocycles. The molecule has 0 aliphatic carbocycles. The molecule has 0 aliphatic heterocycles. The smallest absolute Gasteiger partial charge is 0.224 e. The quantitative estimate of drug-likeness (QED) is 0.0847. The van der Waals surface area contributed by atoms with Gasteiger partial charge in [-0.25, -0.2) is 4.57 Å².